The third-order valence-corrected chi connectivity index (χ3v) is 3.00. The number of fused-ring (bicyclic) bond motifs is 1. The maximum absolute atomic E-state index is 10.4. The Balaban J connectivity index is 1.92. The minimum absolute atomic E-state index is 0.218. The molecule has 5 nitrogen and oxygen atoms in total. The standard InChI is InChI=1S/C14H13NO4/c1-17-11-4-10(6-15-7-11)14(16)9-2-3-12-13(5-9)19-8-18-12/h2-7,14,16H,8H2,1H3. The molecule has 1 aliphatic rings. The van der Waals surface area contributed by atoms with Crippen LogP contribution in [0.1, 0.15) is 17.2 Å². The van der Waals surface area contributed by atoms with Crippen LogP contribution in [0.4, 0.5) is 0 Å². The highest BCUT2D eigenvalue weighted by Gasteiger charge is 2.18. The van der Waals surface area contributed by atoms with E-state index in [-0.39, 0.29) is 6.79 Å². The van der Waals surface area contributed by atoms with Crippen LogP contribution in [-0.4, -0.2) is 24.0 Å². The number of methoxy groups -OCH3 is 1. The van der Waals surface area contributed by atoms with Gasteiger partial charge in [-0.1, -0.05) is 6.07 Å². The van der Waals surface area contributed by atoms with E-state index >= 15 is 0 Å². The highest BCUT2D eigenvalue weighted by atomic mass is 16.7. The molecule has 1 aromatic carbocycles. The minimum atomic E-state index is -0.780. The first kappa shape index (κ1) is 11.8. The monoisotopic (exact) mass is 259 g/mol. The third kappa shape index (κ3) is 2.20. The van der Waals surface area contributed by atoms with Gasteiger partial charge in [-0.25, -0.2) is 0 Å². The fourth-order valence-electron chi connectivity index (χ4n) is 1.97. The number of rotatable bonds is 3. The molecule has 0 amide bonds. The number of benzene rings is 1. The molecule has 1 aromatic heterocycles. The molecule has 1 N–H and O–H groups in total. The van der Waals surface area contributed by atoms with Crippen LogP contribution in [0.2, 0.25) is 0 Å². The Bertz CT molecular complexity index is 600. The van der Waals surface area contributed by atoms with Gasteiger partial charge in [0.05, 0.1) is 13.3 Å². The van der Waals surface area contributed by atoms with Crippen LogP contribution in [0.25, 0.3) is 0 Å². The van der Waals surface area contributed by atoms with Crippen molar-refractivity contribution in [3.63, 3.8) is 0 Å². The number of ether oxygens (including phenoxy) is 3. The average Bonchev–Trinajstić information content (AvgIpc) is 2.94. The number of aliphatic hydroxyl groups is 1. The lowest BCUT2D eigenvalue weighted by Gasteiger charge is -2.12. The van der Waals surface area contributed by atoms with Crippen LogP contribution in [0.5, 0.6) is 17.2 Å². The minimum Gasteiger partial charge on any atom is -0.495 e. The van der Waals surface area contributed by atoms with Crippen molar-refractivity contribution < 1.29 is 19.3 Å². The maximum Gasteiger partial charge on any atom is 0.231 e. The Morgan fingerprint density at radius 1 is 1.16 bits per heavy atom. The molecule has 1 unspecified atom stereocenters. The summed E-state index contributed by atoms with van der Waals surface area (Å²) in [5.74, 6) is 1.95. The summed E-state index contributed by atoms with van der Waals surface area (Å²) in [6, 6.07) is 7.11. The fourth-order valence-corrected chi connectivity index (χ4v) is 1.97. The van der Waals surface area contributed by atoms with E-state index in [9.17, 15) is 5.11 Å². The van der Waals surface area contributed by atoms with Crippen LogP contribution in [-0.2, 0) is 0 Å². The van der Waals surface area contributed by atoms with E-state index in [1.54, 1.807) is 43.8 Å². The van der Waals surface area contributed by atoms with Gasteiger partial charge in [0.25, 0.3) is 0 Å². The molecule has 0 saturated carbocycles. The topological polar surface area (TPSA) is 60.8 Å². The van der Waals surface area contributed by atoms with E-state index < -0.39 is 6.10 Å². The van der Waals surface area contributed by atoms with Gasteiger partial charge in [0, 0.05) is 11.8 Å². The van der Waals surface area contributed by atoms with Gasteiger partial charge in [-0.15, -0.1) is 0 Å². The van der Waals surface area contributed by atoms with Crippen molar-refractivity contribution in [1.29, 1.82) is 0 Å². The molecule has 0 fully saturated rings. The maximum atomic E-state index is 10.4. The summed E-state index contributed by atoms with van der Waals surface area (Å²) in [6.07, 6.45) is 2.42. The Morgan fingerprint density at radius 3 is 2.84 bits per heavy atom. The van der Waals surface area contributed by atoms with Crippen molar-refractivity contribution in [2.45, 2.75) is 6.10 Å². The van der Waals surface area contributed by atoms with Gasteiger partial charge >= 0.3 is 0 Å². The molecule has 1 aliphatic heterocycles. The van der Waals surface area contributed by atoms with Gasteiger partial charge in [-0.05, 0) is 23.8 Å². The zero-order valence-corrected chi connectivity index (χ0v) is 10.4. The molecule has 0 radical (unpaired) electrons. The molecule has 98 valence electrons. The first-order valence-electron chi connectivity index (χ1n) is 5.84. The van der Waals surface area contributed by atoms with Crippen LogP contribution >= 0.6 is 0 Å². The molecular formula is C14H13NO4. The van der Waals surface area contributed by atoms with E-state index in [1.165, 1.54) is 0 Å². The summed E-state index contributed by atoms with van der Waals surface area (Å²) in [7, 11) is 1.56. The van der Waals surface area contributed by atoms with E-state index in [0.717, 1.165) is 5.56 Å². The van der Waals surface area contributed by atoms with Crippen molar-refractivity contribution >= 4 is 0 Å². The molecule has 1 atom stereocenters. The SMILES string of the molecule is COc1cncc(C(O)c2ccc3c(c2)OCO3)c1. The summed E-state index contributed by atoms with van der Waals surface area (Å²) in [5.41, 5.74) is 1.39. The summed E-state index contributed by atoms with van der Waals surface area (Å²) < 4.78 is 15.6. The molecule has 2 heterocycles. The number of nitrogens with zero attached hydrogens (tertiary/aromatic N) is 1. The predicted molar refractivity (Wildman–Crippen MR) is 67.4 cm³/mol. The summed E-state index contributed by atoms with van der Waals surface area (Å²) in [4.78, 5) is 4.03. The Morgan fingerprint density at radius 2 is 2.00 bits per heavy atom. The van der Waals surface area contributed by atoms with Crippen LogP contribution in [0.3, 0.4) is 0 Å². The van der Waals surface area contributed by atoms with Crippen LogP contribution in [0, 0.1) is 0 Å². The van der Waals surface area contributed by atoms with Gasteiger partial charge in [0.15, 0.2) is 11.5 Å². The molecule has 0 aliphatic carbocycles. The van der Waals surface area contributed by atoms with E-state index in [2.05, 4.69) is 4.98 Å². The molecule has 5 heteroatoms. The molecule has 0 saturated heterocycles. The number of hydrogen-bond donors (Lipinski definition) is 1. The van der Waals surface area contributed by atoms with Crippen molar-refractivity contribution in [2.75, 3.05) is 13.9 Å². The second-order valence-electron chi connectivity index (χ2n) is 4.17. The summed E-state index contributed by atoms with van der Waals surface area (Å²) in [6.45, 7) is 0.218. The fraction of sp³-hybridized carbons (Fsp3) is 0.214. The number of aromatic nitrogens is 1. The zero-order valence-electron chi connectivity index (χ0n) is 10.4. The van der Waals surface area contributed by atoms with Crippen LogP contribution < -0.4 is 14.2 Å². The third-order valence-electron chi connectivity index (χ3n) is 3.00. The Labute approximate surface area is 110 Å². The van der Waals surface area contributed by atoms with Crippen molar-refractivity contribution in [3.8, 4) is 17.2 Å². The van der Waals surface area contributed by atoms with Gasteiger partial charge in [-0.2, -0.15) is 0 Å². The second-order valence-corrected chi connectivity index (χ2v) is 4.17. The molecule has 2 aromatic rings. The van der Waals surface area contributed by atoms with E-state index in [1.807, 2.05) is 0 Å². The summed E-state index contributed by atoms with van der Waals surface area (Å²) in [5, 5.41) is 10.4. The first-order chi connectivity index (χ1) is 9.28. The summed E-state index contributed by atoms with van der Waals surface area (Å²) >= 11 is 0. The molecule has 19 heavy (non-hydrogen) atoms. The quantitative estimate of drug-likeness (QED) is 0.912. The normalized spacial score (nSPS) is 14.2. The average molecular weight is 259 g/mol. The van der Waals surface area contributed by atoms with Crippen molar-refractivity contribution in [3.05, 3.63) is 47.8 Å². The molecule has 0 bridgehead atoms. The zero-order chi connectivity index (χ0) is 13.2. The van der Waals surface area contributed by atoms with Crippen LogP contribution in [0.15, 0.2) is 36.7 Å². The highest BCUT2D eigenvalue weighted by molar-refractivity contribution is 5.46. The number of hydrogen-bond acceptors (Lipinski definition) is 5. The van der Waals surface area contributed by atoms with Gasteiger partial charge in [0.1, 0.15) is 11.9 Å². The predicted octanol–water partition coefficient (Wildman–Crippen LogP) is 1.90. The molecule has 0 spiro atoms. The number of aliphatic hydroxyl groups excluding tert-OH is 1. The first-order valence-corrected chi connectivity index (χ1v) is 5.84. The van der Waals surface area contributed by atoms with Crippen molar-refractivity contribution in [2.24, 2.45) is 0 Å². The Kier molecular flexibility index (Phi) is 2.97. The van der Waals surface area contributed by atoms with Gasteiger partial charge in [-0.3, -0.25) is 4.98 Å². The van der Waals surface area contributed by atoms with Gasteiger partial charge in [0.2, 0.25) is 6.79 Å². The Hall–Kier alpha value is -2.27. The van der Waals surface area contributed by atoms with Gasteiger partial charge < -0.3 is 19.3 Å². The highest BCUT2D eigenvalue weighted by Crippen LogP contribution is 2.35. The smallest absolute Gasteiger partial charge is 0.231 e. The van der Waals surface area contributed by atoms with E-state index in [4.69, 9.17) is 14.2 Å². The lowest BCUT2D eigenvalue weighted by atomic mass is 10.0. The van der Waals surface area contributed by atoms with E-state index in [0.29, 0.717) is 22.8 Å². The number of pyridine rings is 1. The molecule has 3 rings (SSSR count). The molecular weight excluding hydrogens is 246 g/mol. The second kappa shape index (κ2) is 4.78. The largest absolute Gasteiger partial charge is 0.495 e. The van der Waals surface area contributed by atoms with Crippen molar-refractivity contribution in [1.82, 2.24) is 4.98 Å². The lowest BCUT2D eigenvalue weighted by molar-refractivity contribution is 0.173. The lowest BCUT2D eigenvalue weighted by Crippen LogP contribution is -2.01.